The number of anilines is 1. The molecule has 0 saturated carbocycles. The third kappa shape index (κ3) is 4.81. The monoisotopic (exact) mass is 405 g/mol. The molecule has 1 heterocycles. The van der Waals surface area contributed by atoms with Crippen molar-refractivity contribution in [3.05, 3.63) is 82.1 Å². The summed E-state index contributed by atoms with van der Waals surface area (Å²) in [6.07, 6.45) is 0. The molecule has 1 N–H and O–H groups in total. The third-order valence-corrected chi connectivity index (χ3v) is 4.58. The summed E-state index contributed by atoms with van der Waals surface area (Å²) in [4.78, 5) is 36.7. The van der Waals surface area contributed by atoms with Crippen molar-refractivity contribution in [1.82, 2.24) is 9.78 Å². The van der Waals surface area contributed by atoms with Gasteiger partial charge in [-0.3, -0.25) is 9.59 Å². The first-order valence-electron chi connectivity index (χ1n) is 9.64. The van der Waals surface area contributed by atoms with Crippen molar-refractivity contribution in [2.24, 2.45) is 0 Å². The maximum absolute atomic E-state index is 12.7. The average Bonchev–Trinajstić information content (AvgIpc) is 2.75. The number of carbonyl (C=O) groups is 2. The fourth-order valence-corrected chi connectivity index (χ4v) is 2.84. The summed E-state index contributed by atoms with van der Waals surface area (Å²) in [5.74, 6) is -0.818. The number of hydrogen-bond donors (Lipinski definition) is 1. The first kappa shape index (κ1) is 21.0. The number of hydrogen-bond acceptors (Lipinski definition) is 5. The zero-order chi connectivity index (χ0) is 21.7. The number of amides is 1. The number of aryl methyl sites for hydroxylation is 1. The van der Waals surface area contributed by atoms with Gasteiger partial charge in [0.2, 0.25) is 5.91 Å². The van der Waals surface area contributed by atoms with Gasteiger partial charge >= 0.3 is 5.97 Å². The van der Waals surface area contributed by atoms with E-state index in [2.05, 4.69) is 10.4 Å². The van der Waals surface area contributed by atoms with E-state index in [1.165, 1.54) is 6.07 Å². The zero-order valence-electron chi connectivity index (χ0n) is 17.1. The Labute approximate surface area is 174 Å². The van der Waals surface area contributed by atoms with Crippen molar-refractivity contribution in [2.75, 3.05) is 11.9 Å². The molecule has 0 aliphatic heterocycles. The molecular weight excluding hydrogens is 382 g/mol. The van der Waals surface area contributed by atoms with Crippen molar-refractivity contribution in [3.63, 3.8) is 0 Å². The standard InChI is InChI=1S/C23H23N3O4/c1-4-30-23(29)18-9-11-19(12-10-18)24-22(28)16(3)26-21(27)14-13-20(25-26)17-7-5-15(2)6-8-17/h5-14,16H,4H2,1-3H3,(H,24,28). The summed E-state index contributed by atoms with van der Waals surface area (Å²) in [6, 6.07) is 16.3. The molecular formula is C23H23N3O4. The second-order valence-corrected chi connectivity index (χ2v) is 6.83. The topological polar surface area (TPSA) is 90.3 Å². The van der Waals surface area contributed by atoms with Crippen LogP contribution in [0.3, 0.4) is 0 Å². The van der Waals surface area contributed by atoms with Crippen LogP contribution in [0.25, 0.3) is 11.3 Å². The Kier molecular flexibility index (Phi) is 6.41. The van der Waals surface area contributed by atoms with Crippen LogP contribution in [0.1, 0.15) is 35.8 Å². The van der Waals surface area contributed by atoms with Gasteiger partial charge < -0.3 is 10.1 Å². The van der Waals surface area contributed by atoms with Crippen LogP contribution in [-0.4, -0.2) is 28.3 Å². The lowest BCUT2D eigenvalue weighted by Crippen LogP contribution is -2.33. The molecule has 1 aromatic heterocycles. The second kappa shape index (κ2) is 9.17. The number of benzene rings is 2. The molecule has 3 aromatic rings. The number of rotatable bonds is 6. The maximum Gasteiger partial charge on any atom is 0.338 e. The first-order chi connectivity index (χ1) is 14.4. The number of ether oxygens (including phenoxy) is 1. The number of esters is 1. The smallest absolute Gasteiger partial charge is 0.338 e. The fraction of sp³-hybridized carbons (Fsp3) is 0.217. The highest BCUT2D eigenvalue weighted by Crippen LogP contribution is 2.17. The number of carbonyl (C=O) groups excluding carboxylic acids is 2. The van der Waals surface area contributed by atoms with E-state index in [0.29, 0.717) is 16.9 Å². The van der Waals surface area contributed by atoms with Crippen LogP contribution in [0.2, 0.25) is 0 Å². The van der Waals surface area contributed by atoms with Crippen molar-refractivity contribution in [3.8, 4) is 11.3 Å². The Balaban J connectivity index is 1.77. The molecule has 1 amide bonds. The molecule has 0 bridgehead atoms. The fourth-order valence-electron chi connectivity index (χ4n) is 2.84. The quantitative estimate of drug-likeness (QED) is 0.633. The van der Waals surface area contributed by atoms with E-state index in [4.69, 9.17) is 4.74 Å². The van der Waals surface area contributed by atoms with E-state index in [9.17, 15) is 14.4 Å². The molecule has 3 rings (SSSR count). The van der Waals surface area contributed by atoms with Crippen LogP contribution < -0.4 is 10.9 Å². The zero-order valence-corrected chi connectivity index (χ0v) is 17.1. The molecule has 0 spiro atoms. The molecule has 0 aliphatic carbocycles. The van der Waals surface area contributed by atoms with Crippen LogP contribution in [0.5, 0.6) is 0 Å². The van der Waals surface area contributed by atoms with E-state index >= 15 is 0 Å². The van der Waals surface area contributed by atoms with Gasteiger partial charge in [0.25, 0.3) is 5.56 Å². The summed E-state index contributed by atoms with van der Waals surface area (Å²) < 4.78 is 6.10. The highest BCUT2D eigenvalue weighted by Gasteiger charge is 2.18. The number of nitrogens with one attached hydrogen (secondary N) is 1. The lowest BCUT2D eigenvalue weighted by molar-refractivity contribution is -0.119. The molecule has 30 heavy (non-hydrogen) atoms. The van der Waals surface area contributed by atoms with Crippen LogP contribution in [0.4, 0.5) is 5.69 Å². The Morgan fingerprint density at radius 1 is 1.03 bits per heavy atom. The minimum Gasteiger partial charge on any atom is -0.462 e. The van der Waals surface area contributed by atoms with Gasteiger partial charge in [-0.15, -0.1) is 0 Å². The van der Waals surface area contributed by atoms with E-state index in [-0.39, 0.29) is 12.2 Å². The summed E-state index contributed by atoms with van der Waals surface area (Å²) in [5, 5.41) is 7.12. The van der Waals surface area contributed by atoms with E-state index in [1.807, 2.05) is 31.2 Å². The van der Waals surface area contributed by atoms with Crippen molar-refractivity contribution >= 4 is 17.6 Å². The SMILES string of the molecule is CCOC(=O)c1ccc(NC(=O)C(C)n2nc(-c3ccc(C)cc3)ccc2=O)cc1. The Bertz CT molecular complexity index is 1100. The predicted molar refractivity (Wildman–Crippen MR) is 114 cm³/mol. The lowest BCUT2D eigenvalue weighted by Gasteiger charge is -2.15. The summed E-state index contributed by atoms with van der Waals surface area (Å²) in [5.41, 5.74) is 3.11. The van der Waals surface area contributed by atoms with Gasteiger partial charge in [-0.25, -0.2) is 9.48 Å². The van der Waals surface area contributed by atoms with Crippen molar-refractivity contribution < 1.29 is 14.3 Å². The molecule has 7 nitrogen and oxygen atoms in total. The Hall–Kier alpha value is -3.74. The summed E-state index contributed by atoms with van der Waals surface area (Å²) >= 11 is 0. The molecule has 0 saturated heterocycles. The molecule has 7 heteroatoms. The maximum atomic E-state index is 12.7. The van der Waals surface area contributed by atoms with Gasteiger partial charge in [-0.05, 0) is 51.1 Å². The van der Waals surface area contributed by atoms with Gasteiger partial charge in [0, 0.05) is 17.3 Å². The summed E-state index contributed by atoms with van der Waals surface area (Å²) in [6.45, 7) is 5.62. The van der Waals surface area contributed by atoms with Gasteiger partial charge in [-0.1, -0.05) is 29.8 Å². The molecule has 1 unspecified atom stereocenters. The molecule has 0 fully saturated rings. The second-order valence-electron chi connectivity index (χ2n) is 6.83. The molecule has 0 aliphatic rings. The highest BCUT2D eigenvalue weighted by molar-refractivity contribution is 5.94. The summed E-state index contributed by atoms with van der Waals surface area (Å²) in [7, 11) is 0. The predicted octanol–water partition coefficient (Wildman–Crippen LogP) is 3.60. The molecule has 154 valence electrons. The highest BCUT2D eigenvalue weighted by atomic mass is 16.5. The lowest BCUT2D eigenvalue weighted by atomic mass is 10.1. The first-order valence-corrected chi connectivity index (χ1v) is 9.64. The Morgan fingerprint density at radius 2 is 1.70 bits per heavy atom. The molecule has 2 aromatic carbocycles. The van der Waals surface area contributed by atoms with Gasteiger partial charge in [0.05, 0.1) is 17.9 Å². The minimum absolute atomic E-state index is 0.290. The van der Waals surface area contributed by atoms with Gasteiger partial charge in [-0.2, -0.15) is 5.10 Å². The van der Waals surface area contributed by atoms with Crippen LogP contribution in [0, 0.1) is 6.92 Å². The van der Waals surface area contributed by atoms with Crippen molar-refractivity contribution in [2.45, 2.75) is 26.8 Å². The Morgan fingerprint density at radius 3 is 2.33 bits per heavy atom. The number of aromatic nitrogens is 2. The largest absolute Gasteiger partial charge is 0.462 e. The average molecular weight is 405 g/mol. The van der Waals surface area contributed by atoms with Crippen LogP contribution in [-0.2, 0) is 9.53 Å². The van der Waals surface area contributed by atoms with Crippen LogP contribution in [0.15, 0.2) is 65.5 Å². The molecule has 0 radical (unpaired) electrons. The third-order valence-electron chi connectivity index (χ3n) is 4.58. The van der Waals surface area contributed by atoms with E-state index in [1.54, 1.807) is 44.2 Å². The van der Waals surface area contributed by atoms with Crippen LogP contribution >= 0.6 is 0 Å². The molecule has 1 atom stereocenters. The van der Waals surface area contributed by atoms with E-state index < -0.39 is 17.9 Å². The minimum atomic E-state index is -0.826. The normalized spacial score (nSPS) is 11.6. The van der Waals surface area contributed by atoms with Crippen molar-refractivity contribution in [1.29, 1.82) is 0 Å². The van der Waals surface area contributed by atoms with Gasteiger partial charge in [0.1, 0.15) is 6.04 Å². The van der Waals surface area contributed by atoms with E-state index in [0.717, 1.165) is 15.8 Å². The number of nitrogens with zero attached hydrogens (tertiary/aromatic N) is 2. The van der Waals surface area contributed by atoms with Gasteiger partial charge in [0.15, 0.2) is 0 Å².